The number of Topliss-reactive ketones (excluding diaryl/α,β-unsaturated/α-hetero) is 1. The molecule has 2 aromatic carbocycles. The van der Waals surface area contributed by atoms with Gasteiger partial charge >= 0.3 is 5.97 Å². The Morgan fingerprint density at radius 2 is 2.00 bits per heavy atom. The van der Waals surface area contributed by atoms with Crippen molar-refractivity contribution in [3.8, 4) is 0 Å². The number of rotatable bonds is 4. The number of ether oxygens (including phenoxy) is 1. The van der Waals surface area contributed by atoms with Crippen molar-refractivity contribution in [1.29, 1.82) is 0 Å². The van der Waals surface area contributed by atoms with E-state index in [2.05, 4.69) is 10.3 Å². The average molecular weight is 417 g/mol. The van der Waals surface area contributed by atoms with Gasteiger partial charge in [-0.05, 0) is 36.8 Å². The Balaban J connectivity index is 1.77. The minimum Gasteiger partial charge on any atom is -0.468 e. The zero-order valence-electron chi connectivity index (χ0n) is 15.2. The maximum atomic E-state index is 12.7. The summed E-state index contributed by atoms with van der Waals surface area (Å²) in [5.74, 6) is -2.62. The number of ketones is 1. The molecule has 3 rings (SSSR count). The van der Waals surface area contributed by atoms with Gasteiger partial charge in [-0.2, -0.15) is 0 Å². The minimum absolute atomic E-state index is 0.0357. The zero-order chi connectivity index (χ0) is 20.3. The highest BCUT2D eigenvalue weighted by Gasteiger charge is 2.38. The third-order valence-electron chi connectivity index (χ3n) is 4.10. The summed E-state index contributed by atoms with van der Waals surface area (Å²) in [6.07, 6.45) is 0. The second-order valence-electron chi connectivity index (χ2n) is 6.11. The molecule has 144 valence electrons. The number of methoxy groups -OCH3 is 1. The van der Waals surface area contributed by atoms with Crippen LogP contribution in [0.2, 0.25) is 5.02 Å². The highest BCUT2D eigenvalue weighted by atomic mass is 35.5. The molecule has 0 saturated heterocycles. The van der Waals surface area contributed by atoms with Gasteiger partial charge in [-0.25, -0.2) is 4.99 Å². The number of nitrogens with one attached hydrogen (secondary N) is 1. The van der Waals surface area contributed by atoms with Crippen LogP contribution < -0.4 is 5.32 Å². The molecule has 1 heterocycles. The number of anilines is 1. The Morgan fingerprint density at radius 1 is 1.25 bits per heavy atom. The molecular weight excluding hydrogens is 400 g/mol. The van der Waals surface area contributed by atoms with E-state index in [9.17, 15) is 14.4 Å². The number of esters is 1. The number of thioether (sulfide) groups is 1. The first-order chi connectivity index (χ1) is 13.4. The molecule has 0 spiro atoms. The Hall–Kier alpha value is -2.64. The molecule has 1 aliphatic heterocycles. The number of aryl methyl sites for hydroxylation is 1. The summed E-state index contributed by atoms with van der Waals surface area (Å²) < 4.78 is 4.76. The highest BCUT2D eigenvalue weighted by molar-refractivity contribution is 8.14. The third-order valence-corrected chi connectivity index (χ3v) is 5.44. The van der Waals surface area contributed by atoms with Crippen LogP contribution in [-0.2, 0) is 14.3 Å². The topological polar surface area (TPSA) is 84.8 Å². The molecule has 0 fully saturated rings. The van der Waals surface area contributed by atoms with E-state index in [1.165, 1.54) is 7.11 Å². The predicted octanol–water partition coefficient (Wildman–Crippen LogP) is 4.04. The van der Waals surface area contributed by atoms with Crippen molar-refractivity contribution >= 4 is 57.4 Å². The second kappa shape index (κ2) is 8.58. The van der Waals surface area contributed by atoms with Crippen LogP contribution in [0, 0.1) is 12.8 Å². The fourth-order valence-electron chi connectivity index (χ4n) is 2.72. The Bertz CT molecular complexity index is 990. The molecule has 1 N–H and O–H groups in total. The van der Waals surface area contributed by atoms with Gasteiger partial charge in [-0.15, -0.1) is 0 Å². The van der Waals surface area contributed by atoms with E-state index in [4.69, 9.17) is 16.3 Å². The monoisotopic (exact) mass is 416 g/mol. The van der Waals surface area contributed by atoms with E-state index in [0.29, 0.717) is 22.0 Å². The molecule has 1 unspecified atom stereocenters. The maximum Gasteiger partial charge on any atom is 0.323 e. The first-order valence-electron chi connectivity index (χ1n) is 8.39. The molecule has 0 radical (unpaired) electrons. The van der Waals surface area contributed by atoms with E-state index < -0.39 is 11.9 Å². The summed E-state index contributed by atoms with van der Waals surface area (Å²) >= 11 is 7.16. The number of carbonyl (C=O) groups is 3. The first-order valence-corrected chi connectivity index (χ1v) is 9.75. The number of amides is 1. The number of hydrogen-bond acceptors (Lipinski definition) is 6. The number of benzene rings is 2. The van der Waals surface area contributed by atoms with Gasteiger partial charge in [0, 0.05) is 5.56 Å². The van der Waals surface area contributed by atoms with Gasteiger partial charge in [-0.1, -0.05) is 41.6 Å². The molecule has 28 heavy (non-hydrogen) atoms. The summed E-state index contributed by atoms with van der Waals surface area (Å²) in [5.41, 5.74) is 2.30. The number of carbonyl (C=O) groups excluding carboxylic acids is 3. The van der Waals surface area contributed by atoms with Crippen molar-refractivity contribution in [1.82, 2.24) is 0 Å². The van der Waals surface area contributed by atoms with Crippen LogP contribution in [0.1, 0.15) is 15.9 Å². The Morgan fingerprint density at radius 3 is 2.71 bits per heavy atom. The van der Waals surface area contributed by atoms with Crippen LogP contribution >= 0.6 is 23.4 Å². The molecule has 1 aliphatic rings. The summed E-state index contributed by atoms with van der Waals surface area (Å²) in [4.78, 5) is 41.6. The van der Waals surface area contributed by atoms with Crippen molar-refractivity contribution < 1.29 is 19.1 Å². The van der Waals surface area contributed by atoms with Crippen LogP contribution in [0.3, 0.4) is 0 Å². The zero-order valence-corrected chi connectivity index (χ0v) is 16.8. The number of hydrogen-bond donors (Lipinski definition) is 1. The smallest absolute Gasteiger partial charge is 0.323 e. The lowest BCUT2D eigenvalue weighted by molar-refractivity contribution is -0.141. The number of halogens is 1. The van der Waals surface area contributed by atoms with Crippen LogP contribution in [0.4, 0.5) is 11.4 Å². The van der Waals surface area contributed by atoms with Crippen LogP contribution in [0.5, 0.6) is 0 Å². The summed E-state index contributed by atoms with van der Waals surface area (Å²) in [6, 6.07) is 12.1. The first kappa shape index (κ1) is 20.1. The number of nitrogens with zero attached hydrogens (tertiary/aromatic N) is 1. The van der Waals surface area contributed by atoms with Crippen molar-refractivity contribution in [3.63, 3.8) is 0 Å². The molecular formula is C20H17ClN2O4S. The third kappa shape index (κ3) is 4.26. The fourth-order valence-corrected chi connectivity index (χ4v) is 3.89. The maximum absolute atomic E-state index is 12.7. The van der Waals surface area contributed by atoms with E-state index in [1.807, 2.05) is 13.0 Å². The van der Waals surface area contributed by atoms with Crippen molar-refractivity contribution in [2.45, 2.75) is 6.92 Å². The summed E-state index contributed by atoms with van der Waals surface area (Å²) in [5, 5.41) is 3.39. The Labute approximate surface area is 171 Å². The lowest BCUT2D eigenvalue weighted by Gasteiger charge is -2.21. The van der Waals surface area contributed by atoms with Gasteiger partial charge in [0.05, 0.1) is 34.3 Å². The Kier molecular flexibility index (Phi) is 6.16. The number of para-hydroxylation sites is 1. The van der Waals surface area contributed by atoms with Gasteiger partial charge in [0.2, 0.25) is 5.91 Å². The van der Waals surface area contributed by atoms with Gasteiger partial charge in [-0.3, -0.25) is 14.4 Å². The van der Waals surface area contributed by atoms with Gasteiger partial charge in [0.25, 0.3) is 0 Å². The summed E-state index contributed by atoms with van der Waals surface area (Å²) in [7, 11) is 1.21. The second-order valence-corrected chi connectivity index (χ2v) is 7.51. The van der Waals surface area contributed by atoms with Crippen molar-refractivity contribution in [2.75, 3.05) is 18.2 Å². The molecule has 0 aliphatic carbocycles. The van der Waals surface area contributed by atoms with E-state index in [1.54, 1.807) is 36.4 Å². The SMILES string of the molecule is COC(=O)C1C(=O)c2ccccc2N=C1SCC(=O)Nc1ccc(C)cc1Cl. The van der Waals surface area contributed by atoms with Crippen LogP contribution in [0.15, 0.2) is 47.5 Å². The summed E-state index contributed by atoms with van der Waals surface area (Å²) in [6.45, 7) is 1.90. The fraction of sp³-hybridized carbons (Fsp3) is 0.200. The standard InChI is InChI=1S/C20H17ClN2O4S/c1-11-7-8-15(13(21)9-11)22-16(24)10-28-19-17(20(26)27-2)18(25)12-5-3-4-6-14(12)23-19/h3-9,17H,10H2,1-2H3,(H,22,24). The van der Waals surface area contributed by atoms with Crippen LogP contribution in [-0.4, -0.2) is 35.6 Å². The molecule has 0 aromatic heterocycles. The van der Waals surface area contributed by atoms with Gasteiger partial charge in [0.1, 0.15) is 0 Å². The van der Waals surface area contributed by atoms with Crippen molar-refractivity contribution in [3.05, 3.63) is 58.6 Å². The van der Waals surface area contributed by atoms with E-state index in [-0.39, 0.29) is 22.5 Å². The molecule has 2 aromatic rings. The van der Waals surface area contributed by atoms with Crippen molar-refractivity contribution in [2.24, 2.45) is 10.9 Å². The molecule has 6 nitrogen and oxygen atoms in total. The number of fused-ring (bicyclic) bond motifs is 1. The van der Waals surface area contributed by atoms with Crippen LogP contribution in [0.25, 0.3) is 0 Å². The van der Waals surface area contributed by atoms with Gasteiger partial charge in [0.15, 0.2) is 11.7 Å². The number of aliphatic imine (C=N–C) groups is 1. The largest absolute Gasteiger partial charge is 0.468 e. The van der Waals surface area contributed by atoms with E-state index in [0.717, 1.165) is 17.3 Å². The molecule has 0 bridgehead atoms. The predicted molar refractivity (Wildman–Crippen MR) is 111 cm³/mol. The lowest BCUT2D eigenvalue weighted by Crippen LogP contribution is -2.34. The molecule has 1 atom stereocenters. The van der Waals surface area contributed by atoms with E-state index >= 15 is 0 Å². The minimum atomic E-state index is -1.17. The normalized spacial score (nSPS) is 15.5. The highest BCUT2D eigenvalue weighted by Crippen LogP contribution is 2.33. The van der Waals surface area contributed by atoms with Gasteiger partial charge < -0.3 is 10.1 Å². The molecule has 1 amide bonds. The lowest BCUT2D eigenvalue weighted by atomic mass is 9.94. The molecule has 8 heteroatoms. The molecule has 0 saturated carbocycles. The average Bonchev–Trinajstić information content (AvgIpc) is 2.68. The quantitative estimate of drug-likeness (QED) is 0.600.